The molecule has 0 bridgehead atoms. The number of halogens is 1. The topological polar surface area (TPSA) is 38.7 Å². The summed E-state index contributed by atoms with van der Waals surface area (Å²) in [7, 11) is 0. The Kier molecular flexibility index (Phi) is 2.73. The van der Waals surface area contributed by atoms with Crippen molar-refractivity contribution < 1.29 is 9.53 Å². The molecule has 1 aliphatic heterocycles. The minimum Gasteiger partial charge on any atom is -0.411 e. The first-order valence-corrected chi connectivity index (χ1v) is 5.04. The van der Waals surface area contributed by atoms with Crippen molar-refractivity contribution >= 4 is 23.5 Å². The summed E-state index contributed by atoms with van der Waals surface area (Å²) in [6.45, 7) is 1.67. The van der Waals surface area contributed by atoms with E-state index in [0.29, 0.717) is 17.3 Å². The average molecular weight is 224 g/mol. The van der Waals surface area contributed by atoms with Gasteiger partial charge in [-0.3, -0.25) is 0 Å². The van der Waals surface area contributed by atoms with E-state index >= 15 is 0 Å². The van der Waals surface area contributed by atoms with E-state index in [2.05, 4.69) is 4.99 Å². The van der Waals surface area contributed by atoms with Gasteiger partial charge in [-0.05, 0) is 11.6 Å². The lowest BCUT2D eigenvalue weighted by atomic mass is 10.1. The first-order valence-electron chi connectivity index (χ1n) is 4.66. The molecule has 0 saturated heterocycles. The quantitative estimate of drug-likeness (QED) is 0.722. The van der Waals surface area contributed by atoms with Gasteiger partial charge in [0.1, 0.15) is 0 Å². The number of nitrogens with zero attached hydrogens (tertiary/aromatic N) is 1. The number of benzene rings is 1. The van der Waals surface area contributed by atoms with Crippen molar-refractivity contribution in [3.63, 3.8) is 0 Å². The van der Waals surface area contributed by atoms with Gasteiger partial charge < -0.3 is 4.74 Å². The number of hydrogen-bond acceptors (Lipinski definition) is 3. The van der Waals surface area contributed by atoms with Gasteiger partial charge in [0.05, 0.1) is 0 Å². The molecule has 15 heavy (non-hydrogen) atoms. The fourth-order valence-corrected chi connectivity index (χ4v) is 1.73. The number of carbonyl (C=O) groups is 1. The summed E-state index contributed by atoms with van der Waals surface area (Å²) in [5.74, 6) is 0.129. The van der Waals surface area contributed by atoms with Crippen LogP contribution in [0, 0.1) is 0 Å². The van der Waals surface area contributed by atoms with Crippen LogP contribution in [0.3, 0.4) is 0 Å². The number of aliphatic imine (C=N–C) groups is 1. The molecule has 1 atom stereocenters. The van der Waals surface area contributed by atoms with Gasteiger partial charge in [-0.15, -0.1) is 0 Å². The first-order chi connectivity index (χ1) is 7.16. The summed E-state index contributed by atoms with van der Waals surface area (Å²) >= 11 is 5.99. The molecular formula is C11H10ClNO2. The molecule has 0 amide bonds. The van der Waals surface area contributed by atoms with Crippen LogP contribution in [-0.2, 0) is 16.0 Å². The fraction of sp³-hybridized carbons (Fsp3) is 0.273. The highest BCUT2D eigenvalue weighted by atomic mass is 35.5. The Morgan fingerprint density at radius 3 is 2.80 bits per heavy atom. The molecular weight excluding hydrogens is 214 g/mol. The van der Waals surface area contributed by atoms with Gasteiger partial charge in [-0.1, -0.05) is 29.8 Å². The molecule has 1 aromatic rings. The number of esters is 1. The van der Waals surface area contributed by atoms with E-state index in [4.69, 9.17) is 16.3 Å². The Morgan fingerprint density at radius 2 is 2.20 bits per heavy atom. The number of carbonyl (C=O) groups excluding carboxylic acids is 1. The van der Waals surface area contributed by atoms with Crippen LogP contribution >= 0.6 is 11.6 Å². The van der Waals surface area contributed by atoms with Crippen molar-refractivity contribution in [2.24, 2.45) is 4.99 Å². The Balaban J connectivity index is 2.16. The predicted molar refractivity (Wildman–Crippen MR) is 58.1 cm³/mol. The molecule has 0 aromatic heterocycles. The monoisotopic (exact) mass is 223 g/mol. The minimum atomic E-state index is -0.440. The van der Waals surface area contributed by atoms with E-state index in [1.165, 1.54) is 0 Å². The predicted octanol–water partition coefficient (Wildman–Crippen LogP) is 2.23. The Labute approximate surface area is 92.7 Å². The smallest absolute Gasteiger partial charge is 0.337 e. The zero-order chi connectivity index (χ0) is 10.8. The van der Waals surface area contributed by atoms with Gasteiger partial charge in [-0.25, -0.2) is 9.79 Å². The molecule has 4 heteroatoms. The maximum atomic E-state index is 11.3. The third-order valence-electron chi connectivity index (χ3n) is 2.23. The Bertz CT molecular complexity index is 428. The van der Waals surface area contributed by atoms with E-state index in [1.54, 1.807) is 13.0 Å². The molecule has 1 heterocycles. The molecule has 1 aliphatic rings. The summed E-state index contributed by atoms with van der Waals surface area (Å²) < 4.78 is 4.85. The first kappa shape index (κ1) is 10.2. The van der Waals surface area contributed by atoms with Gasteiger partial charge in [0.15, 0.2) is 11.9 Å². The normalized spacial score (nSPS) is 20.0. The van der Waals surface area contributed by atoms with Crippen LogP contribution in [0.15, 0.2) is 29.3 Å². The molecule has 0 spiro atoms. The minimum absolute atomic E-state index is 0.299. The van der Waals surface area contributed by atoms with E-state index in [9.17, 15) is 4.79 Å². The summed E-state index contributed by atoms with van der Waals surface area (Å²) in [5, 5.41) is 0.657. The number of ether oxygens (including phenoxy) is 1. The van der Waals surface area contributed by atoms with Crippen LogP contribution in [0.25, 0.3) is 0 Å². The van der Waals surface area contributed by atoms with Crippen molar-refractivity contribution in [1.29, 1.82) is 0 Å². The lowest BCUT2D eigenvalue weighted by molar-refractivity contribution is -0.134. The van der Waals surface area contributed by atoms with Gasteiger partial charge in [0.2, 0.25) is 0 Å². The number of cyclic esters (lactones) is 1. The second-order valence-electron chi connectivity index (χ2n) is 3.38. The molecule has 1 aromatic carbocycles. The highest BCUT2D eigenvalue weighted by Crippen LogP contribution is 2.20. The molecule has 0 N–H and O–H groups in total. The second kappa shape index (κ2) is 4.03. The molecule has 78 valence electrons. The summed E-state index contributed by atoms with van der Waals surface area (Å²) in [5.41, 5.74) is 0.916. The molecule has 0 radical (unpaired) electrons. The van der Waals surface area contributed by atoms with Crippen LogP contribution in [0.1, 0.15) is 12.5 Å². The largest absolute Gasteiger partial charge is 0.411 e. The van der Waals surface area contributed by atoms with Gasteiger partial charge in [0, 0.05) is 18.4 Å². The van der Waals surface area contributed by atoms with Crippen molar-refractivity contribution in [2.45, 2.75) is 19.4 Å². The third-order valence-corrected chi connectivity index (χ3v) is 2.60. The molecule has 2 rings (SSSR count). The van der Waals surface area contributed by atoms with E-state index in [0.717, 1.165) is 5.56 Å². The van der Waals surface area contributed by atoms with Crippen molar-refractivity contribution in [3.05, 3.63) is 34.9 Å². The van der Waals surface area contributed by atoms with E-state index in [-0.39, 0.29) is 5.97 Å². The van der Waals surface area contributed by atoms with Crippen LogP contribution in [0.2, 0.25) is 5.02 Å². The maximum Gasteiger partial charge on any atom is 0.337 e. The molecule has 3 nitrogen and oxygen atoms in total. The number of hydrogen-bond donors (Lipinski definition) is 0. The van der Waals surface area contributed by atoms with Crippen LogP contribution in [0.5, 0.6) is 0 Å². The van der Waals surface area contributed by atoms with Crippen LogP contribution in [-0.4, -0.2) is 17.9 Å². The average Bonchev–Trinajstić information content (AvgIpc) is 2.49. The molecule has 1 unspecified atom stereocenters. The van der Waals surface area contributed by atoms with Gasteiger partial charge in [0.25, 0.3) is 0 Å². The van der Waals surface area contributed by atoms with Crippen LogP contribution < -0.4 is 0 Å². The second-order valence-corrected chi connectivity index (χ2v) is 3.79. The highest BCUT2D eigenvalue weighted by molar-refractivity contribution is 6.31. The third kappa shape index (κ3) is 2.18. The summed E-state index contributed by atoms with van der Waals surface area (Å²) in [6.07, 6.45) is 0.496. The van der Waals surface area contributed by atoms with E-state index < -0.39 is 6.04 Å². The number of rotatable bonds is 2. The lowest BCUT2D eigenvalue weighted by Gasteiger charge is -2.05. The van der Waals surface area contributed by atoms with E-state index in [1.807, 2.05) is 18.2 Å². The maximum absolute atomic E-state index is 11.3. The zero-order valence-electron chi connectivity index (χ0n) is 8.24. The van der Waals surface area contributed by atoms with Crippen molar-refractivity contribution in [2.75, 3.05) is 0 Å². The Hall–Kier alpha value is -1.35. The fourth-order valence-electron chi connectivity index (χ4n) is 1.51. The molecule has 0 saturated carbocycles. The summed E-state index contributed by atoms with van der Waals surface area (Å²) in [6, 6.07) is 6.99. The van der Waals surface area contributed by atoms with Crippen molar-refractivity contribution in [3.8, 4) is 0 Å². The van der Waals surface area contributed by atoms with Crippen molar-refractivity contribution in [1.82, 2.24) is 0 Å². The van der Waals surface area contributed by atoms with Crippen LogP contribution in [0.4, 0.5) is 0 Å². The Morgan fingerprint density at radius 1 is 1.47 bits per heavy atom. The summed E-state index contributed by atoms with van der Waals surface area (Å²) in [4.78, 5) is 15.4. The molecule has 0 aliphatic carbocycles. The van der Waals surface area contributed by atoms with Gasteiger partial charge >= 0.3 is 5.97 Å². The lowest BCUT2D eigenvalue weighted by Crippen LogP contribution is -2.17. The highest BCUT2D eigenvalue weighted by Gasteiger charge is 2.27. The zero-order valence-corrected chi connectivity index (χ0v) is 8.99. The SMILES string of the molecule is CC1=NC(Cc2ccccc2Cl)C(=O)O1. The standard InChI is InChI=1S/C11H10ClNO2/c1-7-13-10(11(14)15-7)6-8-4-2-3-5-9(8)12/h2-5,10H,6H2,1H3. The molecule has 0 fully saturated rings. The van der Waals surface area contributed by atoms with Gasteiger partial charge in [-0.2, -0.15) is 0 Å².